The average molecular weight is 416 g/mol. The van der Waals surface area contributed by atoms with Crippen LogP contribution in [-0.2, 0) is 10.5 Å². The summed E-state index contributed by atoms with van der Waals surface area (Å²) in [6, 6.07) is 23.6. The highest BCUT2D eigenvalue weighted by Crippen LogP contribution is 2.31. The number of benzene rings is 3. The lowest BCUT2D eigenvalue weighted by molar-refractivity contribution is -0.116. The Bertz CT molecular complexity index is 1260. The van der Waals surface area contributed by atoms with Gasteiger partial charge in [-0.3, -0.25) is 15.1 Å². The number of thioether (sulfide) groups is 1. The largest absolute Gasteiger partial charge is 0.298 e. The highest BCUT2D eigenvalue weighted by atomic mass is 32.2. The van der Waals surface area contributed by atoms with Crippen LogP contribution in [0.4, 0.5) is 4.39 Å². The third kappa shape index (κ3) is 3.48. The quantitative estimate of drug-likeness (QED) is 0.714. The normalized spacial score (nSPS) is 17.4. The molecule has 2 aliphatic heterocycles. The van der Waals surface area contributed by atoms with Crippen LogP contribution >= 0.6 is 11.8 Å². The van der Waals surface area contributed by atoms with Crippen LogP contribution in [0.1, 0.15) is 17.3 Å². The van der Waals surface area contributed by atoms with Gasteiger partial charge in [-0.1, -0.05) is 72.4 Å². The Balaban J connectivity index is 1.57. The highest BCUT2D eigenvalue weighted by molar-refractivity contribution is 8.13. The molecule has 5 nitrogen and oxygen atoms in total. The maximum atomic E-state index is 13.5. The number of nitrogens with one attached hydrogen (secondary N) is 1. The zero-order valence-electron chi connectivity index (χ0n) is 15.8. The van der Waals surface area contributed by atoms with Crippen LogP contribution in [0.3, 0.4) is 0 Å². The monoisotopic (exact) mass is 416 g/mol. The molecule has 0 bridgehead atoms. The molecule has 1 atom stereocenters. The Hall–Kier alpha value is -3.45. The second-order valence-electron chi connectivity index (χ2n) is 6.90. The molecule has 7 heteroatoms. The van der Waals surface area contributed by atoms with Gasteiger partial charge in [-0.15, -0.1) is 5.10 Å². The Labute approximate surface area is 176 Å². The Morgan fingerprint density at radius 1 is 0.967 bits per heavy atom. The third-order valence-corrected chi connectivity index (χ3v) is 5.84. The van der Waals surface area contributed by atoms with Gasteiger partial charge in [-0.2, -0.15) is 0 Å². The minimum absolute atomic E-state index is 0.227. The molecule has 2 heterocycles. The molecule has 0 aromatic heterocycles. The van der Waals surface area contributed by atoms with Gasteiger partial charge in [0.15, 0.2) is 11.3 Å². The lowest BCUT2D eigenvalue weighted by Gasteiger charge is -2.34. The maximum absolute atomic E-state index is 13.5. The van der Waals surface area contributed by atoms with Crippen molar-refractivity contribution in [3.05, 3.63) is 106 Å². The minimum atomic E-state index is -0.547. The first-order chi connectivity index (χ1) is 14.7. The molecule has 0 saturated heterocycles. The summed E-state index contributed by atoms with van der Waals surface area (Å²) in [4.78, 5) is 17.9. The molecule has 0 unspecified atom stereocenters. The molecule has 1 amide bonds. The molecular weight excluding hydrogens is 399 g/mol. The highest BCUT2D eigenvalue weighted by Gasteiger charge is 2.34. The number of halogens is 1. The molecule has 2 aliphatic rings. The molecule has 0 spiro atoms. The summed E-state index contributed by atoms with van der Waals surface area (Å²) >= 11 is 1.45. The molecule has 3 aromatic carbocycles. The summed E-state index contributed by atoms with van der Waals surface area (Å²) in [5.41, 5.74) is 2.34. The fourth-order valence-corrected chi connectivity index (χ4v) is 4.28. The molecule has 5 rings (SSSR count). The van der Waals surface area contributed by atoms with Crippen LogP contribution < -0.4 is 15.9 Å². The number of para-hydroxylation sites is 1. The number of hydrazone groups is 1. The lowest BCUT2D eigenvalue weighted by atomic mass is 10.1. The van der Waals surface area contributed by atoms with E-state index < -0.39 is 6.17 Å². The number of carbonyl (C=O) groups excluding carboxylic acids is 1. The van der Waals surface area contributed by atoms with Crippen molar-refractivity contribution in [3.8, 4) is 0 Å². The standard InChI is InChI=1S/C23H17FN4OS/c24-17-12-10-16(11-13-17)21-25-19-9-5-4-8-18(19)20-22(29)26-23(27-28(20)21)30-14-15-6-2-1-3-7-15/h1-13,21H,14H2,(H,26,27,29)/t21-/m1/s1. The second-order valence-corrected chi connectivity index (χ2v) is 7.86. The van der Waals surface area contributed by atoms with Gasteiger partial charge in [0.05, 0.1) is 5.36 Å². The topological polar surface area (TPSA) is 57.1 Å². The van der Waals surface area contributed by atoms with E-state index in [-0.39, 0.29) is 11.7 Å². The third-order valence-electron chi connectivity index (χ3n) is 4.90. The summed E-state index contributed by atoms with van der Waals surface area (Å²) in [7, 11) is 0. The van der Waals surface area contributed by atoms with Gasteiger partial charge in [0.25, 0.3) is 5.91 Å². The predicted octanol–water partition coefficient (Wildman–Crippen LogP) is 2.90. The molecule has 0 aliphatic carbocycles. The Morgan fingerprint density at radius 3 is 2.50 bits per heavy atom. The predicted molar refractivity (Wildman–Crippen MR) is 115 cm³/mol. The van der Waals surface area contributed by atoms with Crippen LogP contribution in [-0.4, -0.2) is 16.1 Å². The number of amidine groups is 1. The Morgan fingerprint density at radius 2 is 1.70 bits per heavy atom. The van der Waals surface area contributed by atoms with Crippen molar-refractivity contribution in [1.82, 2.24) is 10.3 Å². The van der Waals surface area contributed by atoms with Gasteiger partial charge in [-0.05, 0) is 29.3 Å². The first-order valence-electron chi connectivity index (χ1n) is 9.47. The average Bonchev–Trinajstić information content (AvgIpc) is 2.78. The lowest BCUT2D eigenvalue weighted by Crippen LogP contribution is -2.50. The number of carbonyl (C=O) groups is 1. The fraction of sp³-hybridized carbons (Fsp3) is 0.0870. The number of rotatable bonds is 3. The van der Waals surface area contributed by atoms with E-state index in [9.17, 15) is 9.18 Å². The summed E-state index contributed by atoms with van der Waals surface area (Å²) in [6.45, 7) is 0. The summed E-state index contributed by atoms with van der Waals surface area (Å²) in [5, 5.41) is 11.2. The first-order valence-corrected chi connectivity index (χ1v) is 10.5. The van der Waals surface area contributed by atoms with Gasteiger partial charge in [0.2, 0.25) is 0 Å². The zero-order valence-corrected chi connectivity index (χ0v) is 16.6. The van der Waals surface area contributed by atoms with Crippen LogP contribution in [0.2, 0.25) is 0 Å². The summed E-state index contributed by atoms with van der Waals surface area (Å²) in [6.07, 6.45) is -0.547. The molecule has 0 radical (unpaired) electrons. The van der Waals surface area contributed by atoms with Crippen LogP contribution in [0, 0.1) is 5.82 Å². The second kappa shape index (κ2) is 7.76. The van der Waals surface area contributed by atoms with Crippen LogP contribution in [0.15, 0.2) is 89.0 Å². The number of hydrogen-bond donors (Lipinski definition) is 1. The van der Waals surface area contributed by atoms with E-state index in [0.717, 1.165) is 16.3 Å². The van der Waals surface area contributed by atoms with Crippen LogP contribution in [0.5, 0.6) is 0 Å². The summed E-state index contributed by atoms with van der Waals surface area (Å²) < 4.78 is 13.5. The smallest absolute Gasteiger partial charge is 0.276 e. The van der Waals surface area contributed by atoms with E-state index in [2.05, 4.69) is 5.32 Å². The minimum Gasteiger partial charge on any atom is -0.298 e. The van der Waals surface area contributed by atoms with E-state index in [1.165, 1.54) is 23.9 Å². The van der Waals surface area contributed by atoms with Crippen molar-refractivity contribution in [2.24, 2.45) is 10.1 Å². The SMILES string of the molecule is O=C1NC(SCc2ccccc2)=NN2C1=c1ccccc1=N[C@H]2c1ccc(F)cc1. The van der Waals surface area contributed by atoms with E-state index in [0.29, 0.717) is 22.0 Å². The van der Waals surface area contributed by atoms with Crippen molar-refractivity contribution >= 4 is 28.5 Å². The van der Waals surface area contributed by atoms with Gasteiger partial charge < -0.3 is 0 Å². The summed E-state index contributed by atoms with van der Waals surface area (Å²) in [5.74, 6) is 0.131. The molecule has 3 aromatic rings. The number of amides is 1. The van der Waals surface area contributed by atoms with Gasteiger partial charge in [0.1, 0.15) is 11.5 Å². The van der Waals surface area contributed by atoms with E-state index >= 15 is 0 Å². The zero-order chi connectivity index (χ0) is 20.5. The number of fused-ring (bicyclic) bond motifs is 2. The number of nitrogens with zero attached hydrogens (tertiary/aromatic N) is 3. The molecule has 30 heavy (non-hydrogen) atoms. The van der Waals surface area contributed by atoms with Crippen molar-refractivity contribution in [1.29, 1.82) is 0 Å². The molecule has 0 saturated carbocycles. The maximum Gasteiger partial charge on any atom is 0.276 e. The van der Waals surface area contributed by atoms with Crippen molar-refractivity contribution in [2.75, 3.05) is 0 Å². The van der Waals surface area contributed by atoms with Crippen molar-refractivity contribution in [2.45, 2.75) is 11.9 Å². The molecule has 1 N–H and O–H groups in total. The van der Waals surface area contributed by atoms with Crippen LogP contribution in [0.25, 0.3) is 5.70 Å². The van der Waals surface area contributed by atoms with E-state index in [1.807, 2.05) is 54.6 Å². The molecule has 148 valence electrons. The van der Waals surface area contributed by atoms with Gasteiger partial charge in [-0.25, -0.2) is 9.40 Å². The van der Waals surface area contributed by atoms with Gasteiger partial charge in [0, 0.05) is 11.0 Å². The van der Waals surface area contributed by atoms with E-state index in [4.69, 9.17) is 10.1 Å². The first kappa shape index (κ1) is 18.6. The number of hydrogen-bond acceptors (Lipinski definition) is 5. The molecular formula is C23H17FN4OS. The van der Waals surface area contributed by atoms with Crippen molar-refractivity contribution in [3.63, 3.8) is 0 Å². The fourth-order valence-electron chi connectivity index (χ4n) is 3.47. The van der Waals surface area contributed by atoms with E-state index in [1.54, 1.807) is 17.1 Å². The van der Waals surface area contributed by atoms with Gasteiger partial charge >= 0.3 is 0 Å². The molecule has 0 fully saturated rings. The Kier molecular flexibility index (Phi) is 4.80. The van der Waals surface area contributed by atoms with Crippen molar-refractivity contribution < 1.29 is 9.18 Å².